The van der Waals surface area contributed by atoms with E-state index >= 15 is 0 Å². The predicted octanol–water partition coefficient (Wildman–Crippen LogP) is 3.21. The van der Waals surface area contributed by atoms with Gasteiger partial charge in [0.15, 0.2) is 0 Å². The molecule has 0 radical (unpaired) electrons. The number of benzene rings is 1. The number of fused-ring (bicyclic) bond motifs is 1. The monoisotopic (exact) mass is 260 g/mol. The van der Waals surface area contributed by atoms with Crippen molar-refractivity contribution in [1.29, 1.82) is 0 Å². The standard InChI is InChI=1S/C17H28N2/c1-4-17(2,3)18-11-13-19-12-7-10-15-8-5-6-9-16(15)14-19/h5-6,8-9,18H,4,7,10-14H2,1-3H3. The molecular weight excluding hydrogens is 232 g/mol. The molecule has 1 N–H and O–H groups in total. The summed E-state index contributed by atoms with van der Waals surface area (Å²) in [5, 5.41) is 3.66. The van der Waals surface area contributed by atoms with Crippen LogP contribution in [-0.4, -0.2) is 30.1 Å². The minimum Gasteiger partial charge on any atom is -0.311 e. The van der Waals surface area contributed by atoms with E-state index in [9.17, 15) is 0 Å². The average molecular weight is 260 g/mol. The van der Waals surface area contributed by atoms with Crippen LogP contribution in [0, 0.1) is 0 Å². The number of aryl methyl sites for hydroxylation is 1. The van der Waals surface area contributed by atoms with Crippen molar-refractivity contribution in [3.05, 3.63) is 35.4 Å². The first-order valence-corrected chi connectivity index (χ1v) is 7.65. The Labute approximate surface area is 118 Å². The smallest absolute Gasteiger partial charge is 0.0237 e. The van der Waals surface area contributed by atoms with E-state index in [1.54, 1.807) is 5.56 Å². The topological polar surface area (TPSA) is 15.3 Å². The van der Waals surface area contributed by atoms with Crippen molar-refractivity contribution in [1.82, 2.24) is 10.2 Å². The summed E-state index contributed by atoms with van der Waals surface area (Å²) in [5.74, 6) is 0. The molecule has 0 fully saturated rings. The summed E-state index contributed by atoms with van der Waals surface area (Å²) in [7, 11) is 0. The Morgan fingerprint density at radius 3 is 2.68 bits per heavy atom. The Bertz CT molecular complexity index is 398. The molecule has 0 spiro atoms. The summed E-state index contributed by atoms with van der Waals surface area (Å²) >= 11 is 0. The van der Waals surface area contributed by atoms with E-state index in [4.69, 9.17) is 0 Å². The van der Waals surface area contributed by atoms with E-state index in [0.29, 0.717) is 0 Å². The maximum atomic E-state index is 3.66. The Kier molecular flexibility index (Phi) is 5.00. The van der Waals surface area contributed by atoms with Crippen molar-refractivity contribution >= 4 is 0 Å². The highest BCUT2D eigenvalue weighted by atomic mass is 15.1. The molecule has 1 aromatic rings. The van der Waals surface area contributed by atoms with Gasteiger partial charge in [0.2, 0.25) is 0 Å². The second kappa shape index (κ2) is 6.53. The third kappa shape index (κ3) is 4.32. The second-order valence-corrected chi connectivity index (χ2v) is 6.31. The average Bonchev–Trinajstić information content (AvgIpc) is 2.60. The van der Waals surface area contributed by atoms with Crippen LogP contribution in [-0.2, 0) is 13.0 Å². The van der Waals surface area contributed by atoms with Crippen molar-refractivity contribution in [2.24, 2.45) is 0 Å². The minimum absolute atomic E-state index is 0.268. The van der Waals surface area contributed by atoms with Gasteiger partial charge in [-0.05, 0) is 50.8 Å². The fraction of sp³-hybridized carbons (Fsp3) is 0.647. The maximum absolute atomic E-state index is 3.66. The molecular formula is C17H28N2. The van der Waals surface area contributed by atoms with Gasteiger partial charge in [-0.15, -0.1) is 0 Å². The minimum atomic E-state index is 0.268. The Morgan fingerprint density at radius 1 is 1.21 bits per heavy atom. The van der Waals surface area contributed by atoms with Crippen LogP contribution in [0.25, 0.3) is 0 Å². The van der Waals surface area contributed by atoms with Gasteiger partial charge in [-0.2, -0.15) is 0 Å². The molecule has 2 nitrogen and oxygen atoms in total. The van der Waals surface area contributed by atoms with E-state index in [1.807, 2.05) is 0 Å². The summed E-state index contributed by atoms with van der Waals surface area (Å²) < 4.78 is 0. The van der Waals surface area contributed by atoms with Crippen molar-refractivity contribution < 1.29 is 0 Å². The molecule has 1 heterocycles. The fourth-order valence-electron chi connectivity index (χ4n) is 2.64. The fourth-order valence-corrected chi connectivity index (χ4v) is 2.64. The molecule has 0 amide bonds. The number of nitrogens with one attached hydrogen (secondary N) is 1. The molecule has 0 bridgehead atoms. The molecule has 0 saturated carbocycles. The van der Waals surface area contributed by atoms with Gasteiger partial charge in [0.25, 0.3) is 0 Å². The summed E-state index contributed by atoms with van der Waals surface area (Å²) in [6, 6.07) is 8.91. The number of hydrogen-bond acceptors (Lipinski definition) is 2. The lowest BCUT2D eigenvalue weighted by Crippen LogP contribution is -2.43. The van der Waals surface area contributed by atoms with Crippen LogP contribution in [0.2, 0.25) is 0 Å². The van der Waals surface area contributed by atoms with E-state index < -0.39 is 0 Å². The first kappa shape index (κ1) is 14.5. The summed E-state index contributed by atoms with van der Waals surface area (Å²) in [5.41, 5.74) is 3.34. The van der Waals surface area contributed by atoms with E-state index in [2.05, 4.69) is 55.3 Å². The summed E-state index contributed by atoms with van der Waals surface area (Å²) in [6.07, 6.45) is 3.70. The predicted molar refractivity (Wildman–Crippen MR) is 82.4 cm³/mol. The lowest BCUT2D eigenvalue weighted by atomic mass is 10.0. The third-order valence-corrected chi connectivity index (χ3v) is 4.35. The van der Waals surface area contributed by atoms with Crippen LogP contribution >= 0.6 is 0 Å². The molecule has 0 aromatic heterocycles. The normalized spacial score (nSPS) is 17.0. The quantitative estimate of drug-likeness (QED) is 0.874. The van der Waals surface area contributed by atoms with E-state index in [-0.39, 0.29) is 5.54 Å². The Morgan fingerprint density at radius 2 is 1.95 bits per heavy atom. The second-order valence-electron chi connectivity index (χ2n) is 6.31. The van der Waals surface area contributed by atoms with Gasteiger partial charge >= 0.3 is 0 Å². The maximum Gasteiger partial charge on any atom is 0.0237 e. The zero-order valence-corrected chi connectivity index (χ0v) is 12.7. The SMILES string of the molecule is CCC(C)(C)NCCN1CCCc2ccccc2C1. The van der Waals surface area contributed by atoms with E-state index in [1.165, 1.54) is 31.4 Å². The molecule has 1 aromatic carbocycles. The molecule has 19 heavy (non-hydrogen) atoms. The van der Waals surface area contributed by atoms with Crippen LogP contribution in [0.1, 0.15) is 44.7 Å². The van der Waals surface area contributed by atoms with Crippen LogP contribution in [0.3, 0.4) is 0 Å². The molecule has 2 rings (SSSR count). The van der Waals surface area contributed by atoms with Crippen molar-refractivity contribution in [2.75, 3.05) is 19.6 Å². The summed E-state index contributed by atoms with van der Waals surface area (Å²) in [6.45, 7) is 11.4. The largest absolute Gasteiger partial charge is 0.311 e. The van der Waals surface area contributed by atoms with E-state index in [0.717, 1.165) is 19.6 Å². The lowest BCUT2D eigenvalue weighted by Gasteiger charge is -2.27. The highest BCUT2D eigenvalue weighted by Crippen LogP contribution is 2.18. The highest BCUT2D eigenvalue weighted by Gasteiger charge is 2.16. The Balaban J connectivity index is 1.86. The van der Waals surface area contributed by atoms with Crippen molar-refractivity contribution in [3.63, 3.8) is 0 Å². The first-order valence-electron chi connectivity index (χ1n) is 7.65. The van der Waals surface area contributed by atoms with Gasteiger partial charge in [0.1, 0.15) is 0 Å². The Hall–Kier alpha value is -0.860. The van der Waals surface area contributed by atoms with Gasteiger partial charge in [-0.25, -0.2) is 0 Å². The third-order valence-electron chi connectivity index (χ3n) is 4.35. The number of hydrogen-bond donors (Lipinski definition) is 1. The number of rotatable bonds is 5. The van der Waals surface area contributed by atoms with Crippen LogP contribution in [0.15, 0.2) is 24.3 Å². The number of nitrogens with zero attached hydrogens (tertiary/aromatic N) is 1. The molecule has 1 aliphatic heterocycles. The van der Waals surface area contributed by atoms with Gasteiger partial charge in [0, 0.05) is 25.2 Å². The van der Waals surface area contributed by atoms with Crippen LogP contribution < -0.4 is 5.32 Å². The van der Waals surface area contributed by atoms with Crippen LogP contribution in [0.4, 0.5) is 0 Å². The lowest BCUT2D eigenvalue weighted by molar-refractivity contribution is 0.252. The van der Waals surface area contributed by atoms with Crippen LogP contribution in [0.5, 0.6) is 0 Å². The zero-order valence-electron chi connectivity index (χ0n) is 12.7. The van der Waals surface area contributed by atoms with Crippen molar-refractivity contribution in [3.8, 4) is 0 Å². The summed E-state index contributed by atoms with van der Waals surface area (Å²) in [4.78, 5) is 2.59. The van der Waals surface area contributed by atoms with Gasteiger partial charge in [0.05, 0.1) is 0 Å². The molecule has 106 valence electrons. The zero-order chi connectivity index (χ0) is 13.7. The molecule has 0 atom stereocenters. The molecule has 0 saturated heterocycles. The molecule has 2 heteroatoms. The van der Waals surface area contributed by atoms with Crippen molar-refractivity contribution in [2.45, 2.75) is 52.1 Å². The first-order chi connectivity index (χ1) is 9.11. The molecule has 1 aliphatic rings. The molecule has 0 aliphatic carbocycles. The highest BCUT2D eigenvalue weighted by molar-refractivity contribution is 5.27. The van der Waals surface area contributed by atoms with Gasteiger partial charge in [-0.3, -0.25) is 4.90 Å². The molecule has 0 unspecified atom stereocenters. The van der Waals surface area contributed by atoms with Gasteiger partial charge < -0.3 is 5.32 Å². The van der Waals surface area contributed by atoms with Gasteiger partial charge in [-0.1, -0.05) is 31.2 Å².